The fourth-order valence-corrected chi connectivity index (χ4v) is 2.65. The van der Waals surface area contributed by atoms with Gasteiger partial charge in [0.2, 0.25) is 18.4 Å². The molecule has 1 aliphatic heterocycles. The van der Waals surface area contributed by atoms with Gasteiger partial charge in [-0.05, 0) is 40.2 Å². The van der Waals surface area contributed by atoms with Gasteiger partial charge in [-0.3, -0.25) is 10.1 Å². The maximum Gasteiger partial charge on any atom is 0.353 e. The number of anilines is 4. The molecule has 0 fully saturated rings. The normalized spacial score (nSPS) is 11.9. The maximum atomic E-state index is 11.6. The highest BCUT2D eigenvalue weighted by Crippen LogP contribution is 2.37. The number of pyridine rings is 1. The van der Waals surface area contributed by atoms with Crippen LogP contribution in [0.15, 0.2) is 47.3 Å². The largest absolute Gasteiger partial charge is 0.454 e. The Morgan fingerprint density at radius 2 is 1.81 bits per heavy atom. The van der Waals surface area contributed by atoms with E-state index in [1.165, 1.54) is 6.33 Å². The van der Waals surface area contributed by atoms with E-state index in [9.17, 15) is 10.1 Å². The minimum Gasteiger partial charge on any atom is -0.454 e. The van der Waals surface area contributed by atoms with E-state index in [4.69, 9.17) is 9.47 Å². The standard InChI is InChI=1S/C16H11BrN6O4/c17-9-1-4-13(18-6-9)22-16-14(23(24)25)15(19-7-20-16)21-10-2-3-11-12(5-10)27-8-26-11/h1-7H,8H2,(H2,18,19,20,21,22). The monoisotopic (exact) mass is 430 g/mol. The number of ether oxygens (including phenoxy) is 2. The fraction of sp³-hybridized carbons (Fsp3) is 0.0625. The van der Waals surface area contributed by atoms with Crippen LogP contribution in [-0.2, 0) is 0 Å². The van der Waals surface area contributed by atoms with Crippen LogP contribution in [0.3, 0.4) is 0 Å². The number of aromatic nitrogens is 3. The lowest BCUT2D eigenvalue weighted by Crippen LogP contribution is -2.06. The van der Waals surface area contributed by atoms with E-state index in [2.05, 4.69) is 41.5 Å². The Hall–Kier alpha value is -3.47. The first kappa shape index (κ1) is 17.0. The van der Waals surface area contributed by atoms with E-state index in [1.807, 2.05) is 0 Å². The van der Waals surface area contributed by atoms with Crippen LogP contribution in [-0.4, -0.2) is 26.7 Å². The van der Waals surface area contributed by atoms with Crippen LogP contribution in [0.25, 0.3) is 0 Å². The molecular formula is C16H11BrN6O4. The van der Waals surface area contributed by atoms with Crippen molar-refractivity contribution in [3.05, 3.63) is 57.4 Å². The summed E-state index contributed by atoms with van der Waals surface area (Å²) in [7, 11) is 0. The molecule has 1 aromatic carbocycles. The predicted molar refractivity (Wildman–Crippen MR) is 99.8 cm³/mol. The summed E-state index contributed by atoms with van der Waals surface area (Å²) >= 11 is 3.29. The highest BCUT2D eigenvalue weighted by molar-refractivity contribution is 9.10. The average molecular weight is 431 g/mol. The van der Waals surface area contributed by atoms with Crippen LogP contribution in [0, 0.1) is 10.1 Å². The molecule has 1 aliphatic rings. The molecule has 0 aliphatic carbocycles. The van der Waals surface area contributed by atoms with Crippen molar-refractivity contribution < 1.29 is 14.4 Å². The summed E-state index contributed by atoms with van der Waals surface area (Å²) < 4.78 is 11.4. The second-order valence-corrected chi connectivity index (χ2v) is 6.27. The van der Waals surface area contributed by atoms with Gasteiger partial charge < -0.3 is 20.1 Å². The lowest BCUT2D eigenvalue weighted by atomic mass is 10.2. The molecule has 0 spiro atoms. The predicted octanol–water partition coefficient (Wildman–Crippen LogP) is 3.76. The average Bonchev–Trinajstić information content (AvgIpc) is 3.11. The number of nitrogens with one attached hydrogen (secondary N) is 2. The van der Waals surface area contributed by atoms with Crippen molar-refractivity contribution in [2.24, 2.45) is 0 Å². The van der Waals surface area contributed by atoms with Crippen LogP contribution in [0.2, 0.25) is 0 Å². The molecule has 3 aromatic rings. The van der Waals surface area contributed by atoms with Crippen molar-refractivity contribution in [2.75, 3.05) is 17.4 Å². The van der Waals surface area contributed by atoms with E-state index < -0.39 is 4.92 Å². The molecule has 0 radical (unpaired) electrons. The van der Waals surface area contributed by atoms with Crippen molar-refractivity contribution in [3.8, 4) is 11.5 Å². The first-order valence-electron chi connectivity index (χ1n) is 7.65. The number of halogens is 1. The number of rotatable bonds is 5. The molecule has 2 N–H and O–H groups in total. The van der Waals surface area contributed by atoms with E-state index in [0.29, 0.717) is 23.0 Å². The number of hydrogen-bond donors (Lipinski definition) is 2. The molecule has 2 aromatic heterocycles. The Labute approximate surface area is 160 Å². The third-order valence-electron chi connectivity index (χ3n) is 3.61. The Morgan fingerprint density at radius 1 is 1.04 bits per heavy atom. The minimum absolute atomic E-state index is 0.0214. The first-order chi connectivity index (χ1) is 13.1. The molecule has 0 amide bonds. The van der Waals surface area contributed by atoms with Gasteiger partial charge in [0.1, 0.15) is 12.1 Å². The lowest BCUT2D eigenvalue weighted by molar-refractivity contribution is -0.383. The number of benzene rings is 1. The SMILES string of the molecule is O=[N+]([O-])c1c(Nc2ccc3c(c2)OCO3)ncnc1Nc1ccc(Br)cn1. The summed E-state index contributed by atoms with van der Waals surface area (Å²) in [4.78, 5) is 23.2. The quantitative estimate of drug-likeness (QED) is 0.459. The minimum atomic E-state index is -0.559. The molecule has 0 saturated carbocycles. The van der Waals surface area contributed by atoms with E-state index in [-0.39, 0.29) is 24.1 Å². The van der Waals surface area contributed by atoms with Crippen LogP contribution >= 0.6 is 15.9 Å². The molecule has 0 saturated heterocycles. The van der Waals surface area contributed by atoms with Crippen LogP contribution in [0.4, 0.5) is 28.8 Å². The number of nitrogens with zero attached hydrogens (tertiary/aromatic N) is 4. The molecule has 11 heteroatoms. The molecule has 3 heterocycles. The van der Waals surface area contributed by atoms with Gasteiger partial charge in [-0.25, -0.2) is 15.0 Å². The maximum absolute atomic E-state index is 11.6. The van der Waals surface area contributed by atoms with Crippen molar-refractivity contribution >= 4 is 44.8 Å². The van der Waals surface area contributed by atoms with Gasteiger partial charge in [-0.1, -0.05) is 0 Å². The summed E-state index contributed by atoms with van der Waals surface area (Å²) in [5, 5.41) is 17.4. The van der Waals surface area contributed by atoms with E-state index in [1.54, 1.807) is 36.5 Å². The number of fused-ring (bicyclic) bond motifs is 1. The molecule has 4 rings (SSSR count). The van der Waals surface area contributed by atoms with Gasteiger partial charge in [-0.15, -0.1) is 0 Å². The highest BCUT2D eigenvalue weighted by Gasteiger charge is 2.24. The van der Waals surface area contributed by atoms with Crippen molar-refractivity contribution in [2.45, 2.75) is 0 Å². The fourth-order valence-electron chi connectivity index (χ4n) is 2.42. The van der Waals surface area contributed by atoms with Crippen LogP contribution < -0.4 is 20.1 Å². The Balaban J connectivity index is 1.66. The lowest BCUT2D eigenvalue weighted by Gasteiger charge is -2.10. The Kier molecular flexibility index (Phi) is 4.42. The third-order valence-corrected chi connectivity index (χ3v) is 4.08. The van der Waals surface area contributed by atoms with Crippen molar-refractivity contribution in [1.29, 1.82) is 0 Å². The smallest absolute Gasteiger partial charge is 0.353 e. The van der Waals surface area contributed by atoms with Crippen LogP contribution in [0.1, 0.15) is 0 Å². The second-order valence-electron chi connectivity index (χ2n) is 5.36. The second kappa shape index (κ2) is 7.03. The van der Waals surface area contributed by atoms with Gasteiger partial charge in [-0.2, -0.15) is 0 Å². The zero-order chi connectivity index (χ0) is 18.8. The molecule has 27 heavy (non-hydrogen) atoms. The molecular weight excluding hydrogens is 420 g/mol. The first-order valence-corrected chi connectivity index (χ1v) is 8.44. The van der Waals surface area contributed by atoms with Crippen LogP contribution in [0.5, 0.6) is 11.5 Å². The zero-order valence-electron chi connectivity index (χ0n) is 13.5. The topological polar surface area (TPSA) is 124 Å². The summed E-state index contributed by atoms with van der Waals surface area (Å²) in [6, 6.07) is 8.53. The zero-order valence-corrected chi connectivity index (χ0v) is 15.1. The molecule has 0 bridgehead atoms. The molecule has 0 unspecified atom stereocenters. The van der Waals surface area contributed by atoms with E-state index in [0.717, 1.165) is 4.47 Å². The summed E-state index contributed by atoms with van der Waals surface area (Å²) in [5.41, 5.74) is 0.258. The number of nitro groups is 1. The van der Waals surface area contributed by atoms with E-state index >= 15 is 0 Å². The van der Waals surface area contributed by atoms with Gasteiger partial charge in [0.15, 0.2) is 11.5 Å². The van der Waals surface area contributed by atoms with Gasteiger partial charge in [0.05, 0.1) is 4.92 Å². The molecule has 136 valence electrons. The van der Waals surface area contributed by atoms with Gasteiger partial charge in [0.25, 0.3) is 0 Å². The number of hydrogen-bond acceptors (Lipinski definition) is 9. The van der Waals surface area contributed by atoms with Gasteiger partial charge in [0, 0.05) is 22.4 Å². The molecule has 0 atom stereocenters. The van der Waals surface area contributed by atoms with Gasteiger partial charge >= 0.3 is 5.69 Å². The Bertz CT molecular complexity index is 1010. The highest BCUT2D eigenvalue weighted by atomic mass is 79.9. The summed E-state index contributed by atoms with van der Waals surface area (Å²) in [6.45, 7) is 0.140. The van der Waals surface area contributed by atoms with Crippen molar-refractivity contribution in [3.63, 3.8) is 0 Å². The third kappa shape index (κ3) is 3.58. The summed E-state index contributed by atoms with van der Waals surface area (Å²) in [5.74, 6) is 1.63. The molecule has 10 nitrogen and oxygen atoms in total. The Morgan fingerprint density at radius 3 is 2.56 bits per heavy atom. The summed E-state index contributed by atoms with van der Waals surface area (Å²) in [6.07, 6.45) is 2.80. The van der Waals surface area contributed by atoms with Crippen molar-refractivity contribution in [1.82, 2.24) is 15.0 Å².